The third-order valence-corrected chi connectivity index (χ3v) is 8.40. The Morgan fingerprint density at radius 2 is 1.62 bits per heavy atom. The summed E-state index contributed by atoms with van der Waals surface area (Å²) in [5, 5.41) is 2.03. The molecule has 0 spiro atoms. The molecular weight excluding hydrogens is 445 g/mol. The number of benzene rings is 2. The lowest BCUT2D eigenvalue weighted by Gasteiger charge is -2.42. The van der Waals surface area contributed by atoms with Gasteiger partial charge in [-0.05, 0) is 61.7 Å². The standard InChI is InChI=1S/C24H28FN3O2S2/c1-18-5-11-22(12-6-18)32(29,30)26-19(2)24(23-4-3-17-31-23)28-15-13-27(14-16-28)21-9-7-20(25)8-10-21/h3-12,17,19,24,26H,13-16H2,1-2H3/t19-,24-/m1/s1. The Balaban J connectivity index is 1.49. The molecule has 0 saturated carbocycles. The summed E-state index contributed by atoms with van der Waals surface area (Å²) in [7, 11) is -3.63. The van der Waals surface area contributed by atoms with Crippen LogP contribution in [0.1, 0.15) is 23.4 Å². The summed E-state index contributed by atoms with van der Waals surface area (Å²) in [6.45, 7) is 7.04. The van der Waals surface area contributed by atoms with E-state index in [9.17, 15) is 12.8 Å². The first-order valence-corrected chi connectivity index (χ1v) is 13.1. The highest BCUT2D eigenvalue weighted by atomic mass is 32.2. The molecule has 0 amide bonds. The average molecular weight is 474 g/mol. The summed E-state index contributed by atoms with van der Waals surface area (Å²) in [4.78, 5) is 6.00. The number of anilines is 1. The summed E-state index contributed by atoms with van der Waals surface area (Å²) < 4.78 is 42.2. The van der Waals surface area contributed by atoms with Gasteiger partial charge in [-0.3, -0.25) is 4.90 Å². The number of hydrogen-bond acceptors (Lipinski definition) is 5. The number of nitrogens with zero attached hydrogens (tertiary/aromatic N) is 2. The van der Waals surface area contributed by atoms with Crippen molar-refractivity contribution < 1.29 is 12.8 Å². The molecule has 1 aromatic heterocycles. The van der Waals surface area contributed by atoms with Crippen LogP contribution in [-0.4, -0.2) is 45.5 Å². The van der Waals surface area contributed by atoms with Gasteiger partial charge in [0, 0.05) is 42.8 Å². The molecule has 3 aromatic rings. The predicted octanol–water partition coefficient (Wildman–Crippen LogP) is 4.43. The number of aryl methyl sites for hydroxylation is 1. The predicted molar refractivity (Wildman–Crippen MR) is 128 cm³/mol. The summed E-state index contributed by atoms with van der Waals surface area (Å²) in [5.41, 5.74) is 2.03. The third-order valence-electron chi connectivity index (χ3n) is 5.88. The monoisotopic (exact) mass is 473 g/mol. The van der Waals surface area contributed by atoms with Crippen LogP contribution in [0.4, 0.5) is 10.1 Å². The van der Waals surface area contributed by atoms with E-state index in [1.807, 2.05) is 37.4 Å². The largest absolute Gasteiger partial charge is 0.369 e. The number of thiophene rings is 1. The van der Waals surface area contributed by atoms with Gasteiger partial charge in [-0.25, -0.2) is 17.5 Å². The van der Waals surface area contributed by atoms with E-state index in [1.54, 1.807) is 35.6 Å². The van der Waals surface area contributed by atoms with Crippen molar-refractivity contribution in [2.45, 2.75) is 30.8 Å². The minimum atomic E-state index is -3.63. The maximum Gasteiger partial charge on any atom is 0.240 e. The summed E-state index contributed by atoms with van der Waals surface area (Å²) in [6, 6.07) is 17.2. The van der Waals surface area contributed by atoms with E-state index in [1.165, 1.54) is 12.1 Å². The van der Waals surface area contributed by atoms with Gasteiger partial charge in [0.25, 0.3) is 0 Å². The quantitative estimate of drug-likeness (QED) is 0.552. The fourth-order valence-electron chi connectivity index (χ4n) is 4.21. The molecule has 1 aliphatic heterocycles. The van der Waals surface area contributed by atoms with E-state index in [-0.39, 0.29) is 22.8 Å². The highest BCUT2D eigenvalue weighted by molar-refractivity contribution is 7.89. The summed E-state index contributed by atoms with van der Waals surface area (Å²) in [5.74, 6) is -0.236. The first-order chi connectivity index (χ1) is 15.3. The maximum atomic E-state index is 13.3. The van der Waals surface area contributed by atoms with Crippen LogP contribution >= 0.6 is 11.3 Å². The zero-order valence-corrected chi connectivity index (χ0v) is 19.9. The average Bonchev–Trinajstić information content (AvgIpc) is 3.29. The molecule has 32 heavy (non-hydrogen) atoms. The molecule has 1 N–H and O–H groups in total. The second-order valence-electron chi connectivity index (χ2n) is 8.18. The van der Waals surface area contributed by atoms with E-state index in [2.05, 4.69) is 20.6 Å². The molecule has 2 aromatic carbocycles. The lowest BCUT2D eigenvalue weighted by atomic mass is 10.1. The van der Waals surface area contributed by atoms with E-state index in [0.29, 0.717) is 0 Å². The molecule has 8 heteroatoms. The molecule has 1 aliphatic rings. The van der Waals surface area contributed by atoms with Gasteiger partial charge < -0.3 is 4.90 Å². The Kier molecular flexibility index (Phi) is 6.95. The lowest BCUT2D eigenvalue weighted by Crippen LogP contribution is -2.52. The van der Waals surface area contributed by atoms with Gasteiger partial charge in [-0.2, -0.15) is 0 Å². The molecule has 0 bridgehead atoms. The van der Waals surface area contributed by atoms with Crippen LogP contribution in [0, 0.1) is 12.7 Å². The van der Waals surface area contributed by atoms with Crippen LogP contribution in [0.2, 0.25) is 0 Å². The zero-order chi connectivity index (χ0) is 22.7. The summed E-state index contributed by atoms with van der Waals surface area (Å²) >= 11 is 1.64. The Morgan fingerprint density at radius 3 is 2.22 bits per heavy atom. The van der Waals surface area contributed by atoms with Crippen molar-refractivity contribution in [3.63, 3.8) is 0 Å². The van der Waals surface area contributed by atoms with Gasteiger partial charge in [0.2, 0.25) is 10.0 Å². The molecule has 4 rings (SSSR count). The minimum Gasteiger partial charge on any atom is -0.369 e. The zero-order valence-electron chi connectivity index (χ0n) is 18.2. The fourth-order valence-corrected chi connectivity index (χ4v) is 6.42. The number of rotatable bonds is 7. The third kappa shape index (κ3) is 5.20. The first kappa shape index (κ1) is 22.9. The van der Waals surface area contributed by atoms with Gasteiger partial charge in [-0.1, -0.05) is 23.8 Å². The Hall–Kier alpha value is -2.26. The van der Waals surface area contributed by atoms with Crippen molar-refractivity contribution in [1.29, 1.82) is 0 Å². The Morgan fingerprint density at radius 1 is 0.969 bits per heavy atom. The number of hydrogen-bond donors (Lipinski definition) is 1. The highest BCUT2D eigenvalue weighted by Crippen LogP contribution is 2.31. The van der Waals surface area contributed by atoms with Crippen LogP contribution in [0.3, 0.4) is 0 Å². The van der Waals surface area contributed by atoms with Crippen molar-refractivity contribution in [2.75, 3.05) is 31.1 Å². The SMILES string of the molecule is Cc1ccc(S(=O)(=O)N[C@H](C)[C@H](c2cccs2)N2CCN(c3ccc(F)cc3)CC2)cc1. The lowest BCUT2D eigenvalue weighted by molar-refractivity contribution is 0.164. The van der Waals surface area contributed by atoms with Gasteiger partial charge in [-0.15, -0.1) is 11.3 Å². The van der Waals surface area contributed by atoms with E-state index in [0.717, 1.165) is 42.3 Å². The second-order valence-corrected chi connectivity index (χ2v) is 10.9. The molecule has 0 unspecified atom stereocenters. The molecule has 170 valence electrons. The van der Waals surface area contributed by atoms with Crippen LogP contribution in [-0.2, 0) is 10.0 Å². The normalized spacial score (nSPS) is 17.3. The van der Waals surface area contributed by atoms with Gasteiger partial charge >= 0.3 is 0 Å². The van der Waals surface area contributed by atoms with Crippen molar-refractivity contribution in [1.82, 2.24) is 9.62 Å². The van der Waals surface area contributed by atoms with Crippen LogP contribution in [0.25, 0.3) is 0 Å². The molecule has 0 radical (unpaired) electrons. The van der Waals surface area contributed by atoms with Crippen molar-refractivity contribution in [2.24, 2.45) is 0 Å². The van der Waals surface area contributed by atoms with E-state index >= 15 is 0 Å². The number of sulfonamides is 1. The van der Waals surface area contributed by atoms with Crippen molar-refractivity contribution >= 4 is 27.0 Å². The number of halogens is 1. The van der Waals surface area contributed by atoms with Gasteiger partial charge in [0.15, 0.2) is 0 Å². The molecule has 2 atom stereocenters. The van der Waals surface area contributed by atoms with Gasteiger partial charge in [0.05, 0.1) is 10.9 Å². The van der Waals surface area contributed by atoms with Crippen molar-refractivity contribution in [3.05, 3.63) is 82.3 Å². The highest BCUT2D eigenvalue weighted by Gasteiger charge is 2.32. The molecule has 1 fully saturated rings. The topological polar surface area (TPSA) is 52.7 Å². The second kappa shape index (κ2) is 9.70. The van der Waals surface area contributed by atoms with E-state index in [4.69, 9.17) is 0 Å². The number of piperazine rings is 1. The summed E-state index contributed by atoms with van der Waals surface area (Å²) in [6.07, 6.45) is 0. The van der Waals surface area contributed by atoms with Crippen molar-refractivity contribution in [3.8, 4) is 0 Å². The molecule has 1 saturated heterocycles. The molecule has 5 nitrogen and oxygen atoms in total. The van der Waals surface area contributed by atoms with Crippen LogP contribution < -0.4 is 9.62 Å². The molecule has 0 aliphatic carbocycles. The Bertz CT molecular complexity index is 1110. The maximum absolute atomic E-state index is 13.3. The molecule has 2 heterocycles. The van der Waals surface area contributed by atoms with Gasteiger partial charge in [0.1, 0.15) is 5.82 Å². The Labute approximate surface area is 193 Å². The van der Waals surface area contributed by atoms with Crippen LogP contribution in [0.15, 0.2) is 70.9 Å². The van der Waals surface area contributed by atoms with E-state index < -0.39 is 10.0 Å². The minimum absolute atomic E-state index is 0.0643. The molecular formula is C24H28FN3O2S2. The fraction of sp³-hybridized carbons (Fsp3) is 0.333. The van der Waals surface area contributed by atoms with Crippen LogP contribution in [0.5, 0.6) is 0 Å². The number of nitrogens with one attached hydrogen (secondary N) is 1. The smallest absolute Gasteiger partial charge is 0.240 e. The first-order valence-electron chi connectivity index (χ1n) is 10.7.